The summed E-state index contributed by atoms with van der Waals surface area (Å²) in [7, 11) is 0. The van der Waals surface area contributed by atoms with Gasteiger partial charge in [-0.05, 0) is 25.2 Å². The van der Waals surface area contributed by atoms with Crippen LogP contribution < -0.4 is 0 Å². The van der Waals surface area contributed by atoms with Crippen LogP contribution in [0.3, 0.4) is 0 Å². The molecule has 2 amide bonds. The average Bonchev–Trinajstić information content (AvgIpc) is 2.63. The number of nitrogens with zero attached hydrogens (tertiary/aromatic N) is 2. The van der Waals surface area contributed by atoms with E-state index in [-0.39, 0.29) is 18.2 Å². The number of amides is 2. The number of carbonyl (C=O) groups excluding carboxylic acids is 2. The van der Waals surface area contributed by atoms with Crippen molar-refractivity contribution < 1.29 is 19.5 Å². The highest BCUT2D eigenvalue weighted by Gasteiger charge is 2.46. The van der Waals surface area contributed by atoms with Gasteiger partial charge in [-0.25, -0.2) is 0 Å². The zero-order valence-corrected chi connectivity index (χ0v) is 15.8. The van der Waals surface area contributed by atoms with Crippen molar-refractivity contribution in [1.29, 1.82) is 0 Å². The average molecular weight is 364 g/mol. The van der Waals surface area contributed by atoms with Gasteiger partial charge in [0, 0.05) is 39.0 Å². The van der Waals surface area contributed by atoms with Gasteiger partial charge < -0.3 is 14.9 Å². The van der Waals surface area contributed by atoms with Gasteiger partial charge in [0.2, 0.25) is 11.8 Å². The van der Waals surface area contributed by atoms with Crippen molar-refractivity contribution in [2.75, 3.05) is 26.2 Å². The van der Waals surface area contributed by atoms with Gasteiger partial charge in [-0.1, -0.05) is 38.5 Å². The lowest BCUT2D eigenvalue weighted by atomic mass is 9.66. The molecule has 3 aliphatic rings. The highest BCUT2D eigenvalue weighted by atomic mass is 16.4. The molecule has 0 bridgehead atoms. The summed E-state index contributed by atoms with van der Waals surface area (Å²) in [6.07, 6.45) is 10.3. The van der Waals surface area contributed by atoms with Gasteiger partial charge in [-0.15, -0.1) is 0 Å². The second-order valence-electron chi connectivity index (χ2n) is 8.42. The Morgan fingerprint density at radius 2 is 1.42 bits per heavy atom. The number of piperazine rings is 1. The first-order chi connectivity index (χ1) is 12.5. The van der Waals surface area contributed by atoms with Crippen molar-refractivity contribution in [1.82, 2.24) is 9.80 Å². The lowest BCUT2D eigenvalue weighted by Gasteiger charge is -2.40. The molecule has 0 aromatic rings. The Morgan fingerprint density at radius 1 is 0.846 bits per heavy atom. The molecular weight excluding hydrogens is 332 g/mol. The van der Waals surface area contributed by atoms with Gasteiger partial charge in [0.15, 0.2) is 0 Å². The van der Waals surface area contributed by atoms with E-state index in [4.69, 9.17) is 0 Å². The van der Waals surface area contributed by atoms with Crippen LogP contribution >= 0.6 is 0 Å². The molecule has 1 N–H and O–H groups in total. The SMILES string of the molecule is O=C(CCC1CCCCC1)N1CCN(C(=O)CC2(C(=O)O)CCC2)CC1. The molecule has 0 unspecified atom stereocenters. The Morgan fingerprint density at radius 3 is 1.92 bits per heavy atom. The normalized spacial score (nSPS) is 23.4. The predicted octanol–water partition coefficient (Wildman–Crippen LogP) is 2.66. The molecule has 0 spiro atoms. The van der Waals surface area contributed by atoms with Crippen LogP contribution in [0.5, 0.6) is 0 Å². The van der Waals surface area contributed by atoms with Gasteiger partial charge in [0.25, 0.3) is 0 Å². The van der Waals surface area contributed by atoms with Crippen molar-refractivity contribution in [3.05, 3.63) is 0 Å². The summed E-state index contributed by atoms with van der Waals surface area (Å²) in [5.41, 5.74) is -0.829. The van der Waals surface area contributed by atoms with Gasteiger partial charge in [-0.2, -0.15) is 0 Å². The maximum atomic E-state index is 12.5. The number of rotatable bonds is 6. The fraction of sp³-hybridized carbons (Fsp3) is 0.850. The topological polar surface area (TPSA) is 77.9 Å². The van der Waals surface area contributed by atoms with Crippen LogP contribution in [0.4, 0.5) is 0 Å². The van der Waals surface area contributed by atoms with Crippen molar-refractivity contribution >= 4 is 17.8 Å². The van der Waals surface area contributed by atoms with Gasteiger partial charge >= 0.3 is 5.97 Å². The highest BCUT2D eigenvalue weighted by Crippen LogP contribution is 2.44. The number of carbonyl (C=O) groups is 3. The van der Waals surface area contributed by atoms with E-state index in [0.717, 1.165) is 12.8 Å². The van der Waals surface area contributed by atoms with Crippen molar-refractivity contribution in [2.24, 2.45) is 11.3 Å². The minimum absolute atomic E-state index is 0.0681. The van der Waals surface area contributed by atoms with Gasteiger partial charge in [0.05, 0.1) is 5.41 Å². The molecule has 1 heterocycles. The number of aliphatic carboxylic acids is 1. The predicted molar refractivity (Wildman–Crippen MR) is 97.5 cm³/mol. The van der Waals surface area contributed by atoms with E-state index in [0.29, 0.717) is 51.4 Å². The van der Waals surface area contributed by atoms with E-state index in [1.807, 2.05) is 4.90 Å². The van der Waals surface area contributed by atoms with E-state index in [1.165, 1.54) is 32.1 Å². The van der Waals surface area contributed by atoms with E-state index < -0.39 is 11.4 Å². The van der Waals surface area contributed by atoms with Crippen LogP contribution in [-0.4, -0.2) is 58.9 Å². The molecule has 3 fully saturated rings. The van der Waals surface area contributed by atoms with Crippen molar-refractivity contribution in [3.8, 4) is 0 Å². The minimum atomic E-state index is -0.839. The minimum Gasteiger partial charge on any atom is -0.481 e. The molecular formula is C20H32N2O4. The van der Waals surface area contributed by atoms with Crippen molar-refractivity contribution in [2.45, 2.75) is 70.6 Å². The standard InChI is InChI=1S/C20H32N2O4/c23-17(8-7-16-5-2-1-3-6-16)21-11-13-22(14-12-21)18(24)15-20(19(25)26)9-4-10-20/h16H,1-15H2,(H,25,26). The second-order valence-corrected chi connectivity index (χ2v) is 8.42. The second kappa shape index (κ2) is 8.40. The Balaban J connectivity index is 1.39. The maximum Gasteiger partial charge on any atom is 0.310 e. The lowest BCUT2D eigenvalue weighted by Crippen LogP contribution is -2.52. The van der Waals surface area contributed by atoms with E-state index in [2.05, 4.69) is 0 Å². The monoisotopic (exact) mass is 364 g/mol. The third-order valence-corrected chi connectivity index (χ3v) is 6.73. The third-order valence-electron chi connectivity index (χ3n) is 6.73. The van der Waals surface area contributed by atoms with E-state index in [1.54, 1.807) is 4.90 Å². The zero-order valence-electron chi connectivity index (χ0n) is 15.8. The first kappa shape index (κ1) is 19.2. The van der Waals surface area contributed by atoms with Crippen molar-refractivity contribution in [3.63, 3.8) is 0 Å². The van der Waals surface area contributed by atoms with Crippen LogP contribution in [-0.2, 0) is 14.4 Å². The molecule has 3 rings (SSSR count). The molecule has 6 heteroatoms. The molecule has 1 saturated heterocycles. The zero-order chi connectivity index (χ0) is 18.6. The van der Waals surface area contributed by atoms with Gasteiger partial charge in [-0.3, -0.25) is 14.4 Å². The van der Waals surface area contributed by atoms with E-state index >= 15 is 0 Å². The fourth-order valence-corrected chi connectivity index (χ4v) is 4.64. The fourth-order valence-electron chi connectivity index (χ4n) is 4.64. The molecule has 2 saturated carbocycles. The summed E-state index contributed by atoms with van der Waals surface area (Å²) in [5.74, 6) is 0.0176. The molecule has 0 radical (unpaired) electrons. The van der Waals surface area contributed by atoms with Crippen LogP contribution in [0, 0.1) is 11.3 Å². The van der Waals surface area contributed by atoms with Crippen LogP contribution in [0.2, 0.25) is 0 Å². The largest absolute Gasteiger partial charge is 0.481 e. The summed E-state index contributed by atoms with van der Waals surface area (Å²) < 4.78 is 0. The molecule has 146 valence electrons. The molecule has 1 aliphatic heterocycles. The number of carboxylic acids is 1. The molecule has 0 aromatic heterocycles. The number of hydrogen-bond acceptors (Lipinski definition) is 3. The van der Waals surface area contributed by atoms with Crippen LogP contribution in [0.15, 0.2) is 0 Å². The summed E-state index contributed by atoms with van der Waals surface area (Å²) in [6.45, 7) is 2.22. The molecule has 2 aliphatic carbocycles. The Kier molecular flexibility index (Phi) is 6.20. The summed E-state index contributed by atoms with van der Waals surface area (Å²) in [5, 5.41) is 9.39. The maximum absolute atomic E-state index is 12.5. The smallest absolute Gasteiger partial charge is 0.310 e. The quantitative estimate of drug-likeness (QED) is 0.786. The highest BCUT2D eigenvalue weighted by molar-refractivity contribution is 5.86. The number of hydrogen-bond donors (Lipinski definition) is 1. The Labute approximate surface area is 155 Å². The summed E-state index contributed by atoms with van der Waals surface area (Å²) in [6, 6.07) is 0. The lowest BCUT2D eigenvalue weighted by molar-refractivity contribution is -0.160. The summed E-state index contributed by atoms with van der Waals surface area (Å²) in [4.78, 5) is 40.0. The van der Waals surface area contributed by atoms with E-state index in [9.17, 15) is 19.5 Å². The Hall–Kier alpha value is -1.59. The first-order valence-corrected chi connectivity index (χ1v) is 10.3. The Bertz CT molecular complexity index is 530. The first-order valence-electron chi connectivity index (χ1n) is 10.3. The molecule has 26 heavy (non-hydrogen) atoms. The van der Waals surface area contributed by atoms with Crippen LogP contribution in [0.25, 0.3) is 0 Å². The van der Waals surface area contributed by atoms with Gasteiger partial charge in [0.1, 0.15) is 0 Å². The molecule has 0 atom stereocenters. The molecule has 6 nitrogen and oxygen atoms in total. The molecule has 0 aromatic carbocycles. The van der Waals surface area contributed by atoms with Crippen LogP contribution in [0.1, 0.15) is 70.6 Å². The third kappa shape index (κ3) is 4.38. The number of carboxylic acid groups (broad SMARTS) is 1. The summed E-state index contributed by atoms with van der Waals surface area (Å²) >= 11 is 0.